The summed E-state index contributed by atoms with van der Waals surface area (Å²) >= 11 is 0. The van der Waals surface area contributed by atoms with Crippen LogP contribution in [0.4, 0.5) is 11.4 Å². The Bertz CT molecular complexity index is 783. The zero-order valence-corrected chi connectivity index (χ0v) is 16.3. The monoisotopic (exact) mass is 384 g/mol. The Hall–Kier alpha value is -2.54. The van der Waals surface area contributed by atoms with E-state index in [0.717, 1.165) is 31.7 Å². The summed E-state index contributed by atoms with van der Waals surface area (Å²) in [4.78, 5) is 29.6. The highest BCUT2D eigenvalue weighted by Crippen LogP contribution is 2.29. The minimum absolute atomic E-state index is 0.0947. The van der Waals surface area contributed by atoms with E-state index in [-0.39, 0.29) is 23.3 Å². The van der Waals surface area contributed by atoms with Crippen LogP contribution in [0.5, 0.6) is 0 Å². The van der Waals surface area contributed by atoms with Crippen molar-refractivity contribution in [3.63, 3.8) is 0 Å². The molecule has 7 heteroatoms. The summed E-state index contributed by atoms with van der Waals surface area (Å²) < 4.78 is 0. The van der Waals surface area contributed by atoms with Crippen LogP contribution < -0.4 is 15.5 Å². The van der Waals surface area contributed by atoms with E-state index in [4.69, 9.17) is 0 Å². The van der Waals surface area contributed by atoms with Crippen molar-refractivity contribution in [3.05, 3.63) is 35.6 Å². The summed E-state index contributed by atoms with van der Waals surface area (Å²) in [7, 11) is 1.98. The molecule has 4 rings (SSSR count). The molecule has 2 amide bonds. The first kappa shape index (κ1) is 18.8. The van der Waals surface area contributed by atoms with Gasteiger partial charge in [-0.15, -0.1) is 0 Å². The second-order valence-corrected chi connectivity index (χ2v) is 8.05. The third-order valence-electron chi connectivity index (χ3n) is 6.04. The molecule has 2 saturated heterocycles. The summed E-state index contributed by atoms with van der Waals surface area (Å²) in [5.41, 5.74) is 1.58. The second-order valence-electron chi connectivity index (χ2n) is 8.05. The molecule has 28 heavy (non-hydrogen) atoms. The van der Waals surface area contributed by atoms with Gasteiger partial charge in [0.1, 0.15) is 11.3 Å². The van der Waals surface area contributed by atoms with Gasteiger partial charge in [0.05, 0.1) is 5.92 Å². The molecule has 0 spiro atoms. The Morgan fingerprint density at radius 3 is 2.57 bits per heavy atom. The van der Waals surface area contributed by atoms with Crippen LogP contribution in [0.2, 0.25) is 0 Å². The zero-order chi connectivity index (χ0) is 19.7. The molecule has 0 radical (unpaired) electrons. The Labute approximate surface area is 165 Å². The van der Waals surface area contributed by atoms with Gasteiger partial charge < -0.3 is 25.5 Å². The number of anilines is 2. The van der Waals surface area contributed by atoms with Crippen molar-refractivity contribution in [2.45, 2.75) is 31.7 Å². The van der Waals surface area contributed by atoms with Gasteiger partial charge in [0.25, 0.3) is 11.8 Å². The molecule has 1 aromatic carbocycles. The number of hydrogen-bond donors (Lipinski definition) is 3. The van der Waals surface area contributed by atoms with Gasteiger partial charge in [-0.3, -0.25) is 9.59 Å². The van der Waals surface area contributed by atoms with Crippen molar-refractivity contribution in [2.75, 3.05) is 43.4 Å². The Morgan fingerprint density at radius 2 is 1.86 bits per heavy atom. The maximum Gasteiger partial charge on any atom is 0.264 e. The van der Waals surface area contributed by atoms with E-state index in [1.807, 2.05) is 31.3 Å². The number of fused-ring (bicyclic) bond motifs is 1. The van der Waals surface area contributed by atoms with Gasteiger partial charge in [0.2, 0.25) is 0 Å². The number of carbonyl (C=O) groups excluding carboxylic acids is 2. The molecule has 0 aromatic heterocycles. The highest BCUT2D eigenvalue weighted by atomic mass is 16.3. The number of hydrogen-bond acceptors (Lipinski definition) is 5. The normalized spacial score (nSPS) is 25.9. The predicted octanol–water partition coefficient (Wildman–Crippen LogP) is 1.88. The predicted molar refractivity (Wildman–Crippen MR) is 108 cm³/mol. The Balaban J connectivity index is 1.48. The van der Waals surface area contributed by atoms with E-state index in [1.54, 1.807) is 0 Å². The summed E-state index contributed by atoms with van der Waals surface area (Å²) in [6.07, 6.45) is 4.46. The number of amides is 2. The van der Waals surface area contributed by atoms with Crippen LogP contribution in [-0.4, -0.2) is 61.1 Å². The summed E-state index contributed by atoms with van der Waals surface area (Å²) in [6.45, 7) is 3.60. The van der Waals surface area contributed by atoms with Crippen molar-refractivity contribution < 1.29 is 14.7 Å². The standard InChI is InChI=1S/C21H28N4O3/c1-24-12-9-17-16(13-24)19(26)18(21(28)23-17)20(27)22-14-5-7-15(8-6-14)25-10-3-2-4-11-25/h5-8,16-17,26H,2-4,9-13H2,1H3,(H,22,27)(H,23,28)/t16-,17-/m0/s1. The Kier molecular flexibility index (Phi) is 5.26. The van der Waals surface area contributed by atoms with Crippen LogP contribution in [0.3, 0.4) is 0 Å². The molecular weight excluding hydrogens is 356 g/mol. The minimum atomic E-state index is -0.563. The Morgan fingerprint density at radius 1 is 1.14 bits per heavy atom. The number of aliphatic hydroxyl groups is 1. The minimum Gasteiger partial charge on any atom is -0.511 e. The lowest BCUT2D eigenvalue weighted by atomic mass is 9.85. The SMILES string of the molecule is CN1CC[C@@H]2NC(=O)C(C(=O)Nc3ccc(N4CCCCC4)cc3)=C(O)[C@H]2C1. The van der Waals surface area contributed by atoms with E-state index in [2.05, 4.69) is 20.4 Å². The van der Waals surface area contributed by atoms with Gasteiger partial charge in [-0.1, -0.05) is 0 Å². The van der Waals surface area contributed by atoms with E-state index in [9.17, 15) is 14.7 Å². The number of nitrogens with zero attached hydrogens (tertiary/aromatic N) is 2. The molecule has 0 unspecified atom stereocenters. The van der Waals surface area contributed by atoms with E-state index < -0.39 is 11.8 Å². The average molecular weight is 384 g/mol. The molecule has 7 nitrogen and oxygen atoms in total. The molecule has 0 aliphatic carbocycles. The lowest BCUT2D eigenvalue weighted by molar-refractivity contribution is -0.124. The van der Waals surface area contributed by atoms with Crippen molar-refractivity contribution in [1.29, 1.82) is 0 Å². The van der Waals surface area contributed by atoms with Crippen LogP contribution in [0.25, 0.3) is 0 Å². The quantitative estimate of drug-likeness (QED) is 0.693. The van der Waals surface area contributed by atoms with Gasteiger partial charge in [-0.25, -0.2) is 0 Å². The van der Waals surface area contributed by atoms with Crippen molar-refractivity contribution in [3.8, 4) is 0 Å². The van der Waals surface area contributed by atoms with Gasteiger partial charge >= 0.3 is 0 Å². The second kappa shape index (κ2) is 7.83. The molecular formula is C21H28N4O3. The maximum atomic E-state index is 12.7. The zero-order valence-electron chi connectivity index (χ0n) is 16.3. The molecule has 2 fully saturated rings. The molecule has 3 aliphatic heterocycles. The van der Waals surface area contributed by atoms with E-state index in [1.165, 1.54) is 19.3 Å². The van der Waals surface area contributed by atoms with Crippen molar-refractivity contribution in [1.82, 2.24) is 10.2 Å². The number of nitrogens with one attached hydrogen (secondary N) is 2. The molecule has 0 saturated carbocycles. The van der Waals surface area contributed by atoms with Crippen molar-refractivity contribution >= 4 is 23.2 Å². The third kappa shape index (κ3) is 3.71. The molecule has 1 aromatic rings. The summed E-state index contributed by atoms with van der Waals surface area (Å²) in [5, 5.41) is 16.3. The third-order valence-corrected chi connectivity index (χ3v) is 6.04. The largest absolute Gasteiger partial charge is 0.511 e. The first-order valence-corrected chi connectivity index (χ1v) is 10.1. The molecule has 3 N–H and O–H groups in total. The molecule has 0 bridgehead atoms. The number of likely N-dealkylation sites (tertiary alicyclic amines) is 1. The van der Waals surface area contributed by atoms with Crippen LogP contribution >= 0.6 is 0 Å². The smallest absolute Gasteiger partial charge is 0.264 e. The maximum absolute atomic E-state index is 12.7. The molecule has 150 valence electrons. The fraction of sp³-hybridized carbons (Fsp3) is 0.524. The number of piperidine rings is 2. The lowest BCUT2D eigenvalue weighted by Gasteiger charge is -2.39. The van der Waals surface area contributed by atoms with Crippen LogP contribution in [0.1, 0.15) is 25.7 Å². The first-order valence-electron chi connectivity index (χ1n) is 10.1. The lowest BCUT2D eigenvalue weighted by Crippen LogP contribution is -2.55. The van der Waals surface area contributed by atoms with Crippen molar-refractivity contribution in [2.24, 2.45) is 5.92 Å². The van der Waals surface area contributed by atoms with E-state index in [0.29, 0.717) is 12.2 Å². The van der Waals surface area contributed by atoms with Gasteiger partial charge in [0, 0.05) is 37.1 Å². The first-order chi connectivity index (χ1) is 13.5. The number of aliphatic hydroxyl groups excluding tert-OH is 1. The van der Waals surface area contributed by atoms with Crippen LogP contribution in [0.15, 0.2) is 35.6 Å². The summed E-state index contributed by atoms with van der Waals surface area (Å²) in [5.74, 6) is -1.39. The molecule has 2 atom stereocenters. The van der Waals surface area contributed by atoms with Gasteiger partial charge in [-0.05, 0) is 63.5 Å². The van der Waals surface area contributed by atoms with Gasteiger partial charge in [-0.2, -0.15) is 0 Å². The topological polar surface area (TPSA) is 84.9 Å². The number of benzene rings is 1. The van der Waals surface area contributed by atoms with Gasteiger partial charge in [0.15, 0.2) is 0 Å². The van der Waals surface area contributed by atoms with Crippen LogP contribution in [-0.2, 0) is 9.59 Å². The highest BCUT2D eigenvalue weighted by Gasteiger charge is 2.41. The fourth-order valence-corrected chi connectivity index (χ4v) is 4.43. The number of carbonyl (C=O) groups is 2. The molecule has 3 heterocycles. The summed E-state index contributed by atoms with van der Waals surface area (Å²) in [6, 6.07) is 7.56. The number of rotatable bonds is 3. The highest BCUT2D eigenvalue weighted by molar-refractivity contribution is 6.23. The molecule has 3 aliphatic rings. The fourth-order valence-electron chi connectivity index (χ4n) is 4.43. The average Bonchev–Trinajstić information content (AvgIpc) is 2.70. The van der Waals surface area contributed by atoms with Crippen LogP contribution in [0, 0.1) is 5.92 Å². The van der Waals surface area contributed by atoms with E-state index >= 15 is 0 Å².